The molecule has 5 nitrogen and oxygen atoms in total. The zero-order chi connectivity index (χ0) is 20.5. The maximum atomic E-state index is 12.4. The standard InChI is InChI=1S/C24H29N3O2/c1-20-8-5-6-12-22(20)18-23(28)25-19-24(29)27-16-14-26(15-17-27)13-7-11-21-9-3-2-4-10-21/h2-12H,13-19H2,1H3,(H,25,28)/b11-7+. The van der Waals surface area contributed by atoms with Crippen molar-refractivity contribution in [2.45, 2.75) is 13.3 Å². The summed E-state index contributed by atoms with van der Waals surface area (Å²) in [7, 11) is 0. The van der Waals surface area contributed by atoms with Gasteiger partial charge in [-0.2, -0.15) is 0 Å². The van der Waals surface area contributed by atoms with Gasteiger partial charge >= 0.3 is 0 Å². The summed E-state index contributed by atoms with van der Waals surface area (Å²) in [5, 5.41) is 2.76. The van der Waals surface area contributed by atoms with Crippen molar-refractivity contribution in [2.24, 2.45) is 0 Å². The average molecular weight is 392 g/mol. The summed E-state index contributed by atoms with van der Waals surface area (Å²) in [6, 6.07) is 18.1. The molecule has 0 atom stereocenters. The molecule has 1 N–H and O–H groups in total. The predicted octanol–water partition coefficient (Wildman–Crippen LogP) is 2.51. The summed E-state index contributed by atoms with van der Waals surface area (Å²) in [5.74, 6) is -0.125. The third kappa shape index (κ3) is 6.57. The lowest BCUT2D eigenvalue weighted by molar-refractivity contribution is -0.134. The van der Waals surface area contributed by atoms with Gasteiger partial charge in [0.1, 0.15) is 0 Å². The Morgan fingerprint density at radius 2 is 1.66 bits per heavy atom. The van der Waals surface area contributed by atoms with Gasteiger partial charge in [-0.3, -0.25) is 14.5 Å². The Kier molecular flexibility index (Phi) is 7.59. The van der Waals surface area contributed by atoms with E-state index < -0.39 is 0 Å². The predicted molar refractivity (Wildman–Crippen MR) is 116 cm³/mol. The molecule has 0 radical (unpaired) electrons. The van der Waals surface area contributed by atoms with Crippen molar-refractivity contribution in [3.63, 3.8) is 0 Å². The molecule has 0 unspecified atom stereocenters. The van der Waals surface area contributed by atoms with E-state index in [9.17, 15) is 9.59 Å². The van der Waals surface area contributed by atoms with E-state index >= 15 is 0 Å². The van der Waals surface area contributed by atoms with Gasteiger partial charge in [0, 0.05) is 32.7 Å². The summed E-state index contributed by atoms with van der Waals surface area (Å²) in [4.78, 5) is 28.7. The Labute approximate surface area is 173 Å². The molecule has 2 aromatic carbocycles. The number of rotatable bonds is 7. The van der Waals surface area contributed by atoms with Crippen LogP contribution in [0.25, 0.3) is 6.08 Å². The number of hydrogen-bond acceptors (Lipinski definition) is 3. The first-order valence-electron chi connectivity index (χ1n) is 10.1. The molecule has 0 spiro atoms. The molecule has 2 aromatic rings. The molecule has 3 rings (SSSR count). The minimum absolute atomic E-state index is 0.0115. The van der Waals surface area contributed by atoms with E-state index in [2.05, 4.69) is 34.5 Å². The summed E-state index contributed by atoms with van der Waals surface area (Å²) in [6.07, 6.45) is 4.60. The Morgan fingerprint density at radius 3 is 2.38 bits per heavy atom. The van der Waals surface area contributed by atoms with Crippen LogP contribution in [0.1, 0.15) is 16.7 Å². The lowest BCUT2D eigenvalue weighted by Gasteiger charge is -2.34. The van der Waals surface area contributed by atoms with E-state index in [0.29, 0.717) is 19.5 Å². The Balaban J connectivity index is 1.36. The second kappa shape index (κ2) is 10.6. The van der Waals surface area contributed by atoms with Crippen LogP contribution in [-0.4, -0.2) is 60.9 Å². The van der Waals surface area contributed by atoms with Gasteiger partial charge in [0.2, 0.25) is 11.8 Å². The third-order valence-corrected chi connectivity index (χ3v) is 5.25. The highest BCUT2D eigenvalue weighted by molar-refractivity contribution is 5.86. The van der Waals surface area contributed by atoms with Crippen molar-refractivity contribution in [1.82, 2.24) is 15.1 Å². The van der Waals surface area contributed by atoms with Crippen LogP contribution >= 0.6 is 0 Å². The molecule has 0 bridgehead atoms. The molecule has 1 fully saturated rings. The lowest BCUT2D eigenvalue weighted by atomic mass is 10.1. The quantitative estimate of drug-likeness (QED) is 0.789. The highest BCUT2D eigenvalue weighted by atomic mass is 16.2. The van der Waals surface area contributed by atoms with E-state index in [1.165, 1.54) is 5.56 Å². The number of nitrogens with one attached hydrogen (secondary N) is 1. The monoisotopic (exact) mass is 391 g/mol. The molecule has 1 heterocycles. The van der Waals surface area contributed by atoms with Crippen LogP contribution in [-0.2, 0) is 16.0 Å². The average Bonchev–Trinajstić information content (AvgIpc) is 2.75. The van der Waals surface area contributed by atoms with Crippen LogP contribution in [0.5, 0.6) is 0 Å². The molecule has 5 heteroatoms. The molecule has 0 aliphatic carbocycles. The Morgan fingerprint density at radius 1 is 0.966 bits per heavy atom. The number of piperazine rings is 1. The second-order valence-electron chi connectivity index (χ2n) is 7.37. The van der Waals surface area contributed by atoms with E-state index in [1.807, 2.05) is 54.3 Å². The molecule has 0 saturated carbocycles. The van der Waals surface area contributed by atoms with Crippen LogP contribution < -0.4 is 5.32 Å². The van der Waals surface area contributed by atoms with Crippen molar-refractivity contribution in [2.75, 3.05) is 39.3 Å². The number of benzene rings is 2. The summed E-state index contributed by atoms with van der Waals surface area (Å²) in [6.45, 7) is 6.03. The van der Waals surface area contributed by atoms with Crippen molar-refractivity contribution >= 4 is 17.9 Å². The first kappa shape index (κ1) is 20.8. The maximum absolute atomic E-state index is 12.4. The Hall–Kier alpha value is -2.92. The number of hydrogen-bond donors (Lipinski definition) is 1. The van der Waals surface area contributed by atoms with Crippen molar-refractivity contribution < 1.29 is 9.59 Å². The zero-order valence-corrected chi connectivity index (χ0v) is 17.0. The summed E-state index contributed by atoms with van der Waals surface area (Å²) >= 11 is 0. The molecular weight excluding hydrogens is 362 g/mol. The fraction of sp³-hybridized carbons (Fsp3) is 0.333. The number of carbonyl (C=O) groups excluding carboxylic acids is 2. The van der Waals surface area contributed by atoms with Crippen LogP contribution in [0.4, 0.5) is 0 Å². The van der Waals surface area contributed by atoms with Gasteiger partial charge in [-0.25, -0.2) is 0 Å². The van der Waals surface area contributed by atoms with Gasteiger partial charge in [-0.05, 0) is 23.6 Å². The normalized spacial score (nSPS) is 14.9. The largest absolute Gasteiger partial charge is 0.347 e. The fourth-order valence-electron chi connectivity index (χ4n) is 3.41. The molecule has 1 aliphatic heterocycles. The third-order valence-electron chi connectivity index (χ3n) is 5.25. The maximum Gasteiger partial charge on any atom is 0.242 e. The van der Waals surface area contributed by atoms with Gasteiger partial charge in [-0.1, -0.05) is 66.7 Å². The molecule has 2 amide bonds. The molecule has 1 saturated heterocycles. The molecular formula is C24H29N3O2. The van der Waals surface area contributed by atoms with Crippen LogP contribution in [0.15, 0.2) is 60.7 Å². The first-order valence-corrected chi connectivity index (χ1v) is 10.1. The van der Waals surface area contributed by atoms with E-state index in [1.54, 1.807) is 0 Å². The smallest absolute Gasteiger partial charge is 0.242 e. The van der Waals surface area contributed by atoms with Crippen molar-refractivity contribution in [1.29, 1.82) is 0 Å². The second-order valence-corrected chi connectivity index (χ2v) is 7.37. The van der Waals surface area contributed by atoms with Gasteiger partial charge in [0.05, 0.1) is 13.0 Å². The van der Waals surface area contributed by atoms with E-state index in [0.717, 1.165) is 30.8 Å². The van der Waals surface area contributed by atoms with Crippen LogP contribution in [0.3, 0.4) is 0 Å². The minimum Gasteiger partial charge on any atom is -0.347 e. The lowest BCUT2D eigenvalue weighted by Crippen LogP contribution is -2.51. The van der Waals surface area contributed by atoms with E-state index in [4.69, 9.17) is 0 Å². The molecule has 0 aromatic heterocycles. The summed E-state index contributed by atoms with van der Waals surface area (Å²) in [5.41, 5.74) is 3.28. The van der Waals surface area contributed by atoms with Crippen LogP contribution in [0.2, 0.25) is 0 Å². The number of nitrogens with zero attached hydrogens (tertiary/aromatic N) is 2. The number of carbonyl (C=O) groups is 2. The zero-order valence-electron chi connectivity index (χ0n) is 17.0. The molecule has 29 heavy (non-hydrogen) atoms. The highest BCUT2D eigenvalue weighted by Crippen LogP contribution is 2.08. The topological polar surface area (TPSA) is 52.7 Å². The number of aryl methyl sites for hydroxylation is 1. The molecule has 152 valence electrons. The van der Waals surface area contributed by atoms with E-state index in [-0.39, 0.29) is 18.4 Å². The summed E-state index contributed by atoms with van der Waals surface area (Å²) < 4.78 is 0. The molecule has 1 aliphatic rings. The van der Waals surface area contributed by atoms with Gasteiger partial charge in [0.15, 0.2) is 0 Å². The van der Waals surface area contributed by atoms with Crippen LogP contribution in [0, 0.1) is 6.92 Å². The Bertz CT molecular complexity index is 840. The minimum atomic E-state index is -0.114. The van der Waals surface area contributed by atoms with Gasteiger partial charge < -0.3 is 10.2 Å². The van der Waals surface area contributed by atoms with Gasteiger partial charge in [-0.15, -0.1) is 0 Å². The van der Waals surface area contributed by atoms with Crippen molar-refractivity contribution in [3.8, 4) is 0 Å². The van der Waals surface area contributed by atoms with Crippen molar-refractivity contribution in [3.05, 3.63) is 77.4 Å². The fourth-order valence-corrected chi connectivity index (χ4v) is 3.41. The first-order chi connectivity index (χ1) is 14.1. The SMILES string of the molecule is Cc1ccccc1CC(=O)NCC(=O)N1CCN(C/C=C/c2ccccc2)CC1. The van der Waals surface area contributed by atoms with Gasteiger partial charge in [0.25, 0.3) is 0 Å². The number of amides is 2. The highest BCUT2D eigenvalue weighted by Gasteiger charge is 2.20.